The van der Waals surface area contributed by atoms with Gasteiger partial charge in [-0.15, -0.1) is 0 Å². The molecule has 0 aliphatic rings. The van der Waals surface area contributed by atoms with Crippen LogP contribution in [0.5, 0.6) is 11.5 Å². The van der Waals surface area contributed by atoms with E-state index in [4.69, 9.17) is 13.9 Å². The molecule has 0 saturated heterocycles. The average molecular weight is 707 g/mol. The van der Waals surface area contributed by atoms with Crippen LogP contribution < -0.4 is 20.2 Å². The van der Waals surface area contributed by atoms with Gasteiger partial charge in [-0.25, -0.2) is 9.82 Å². The summed E-state index contributed by atoms with van der Waals surface area (Å²) >= 11 is 2.07. The van der Waals surface area contributed by atoms with E-state index >= 15 is 0 Å². The molecule has 0 saturated carbocycles. The molecule has 44 heavy (non-hydrogen) atoms. The number of nitrogens with zero attached hydrogens (tertiary/aromatic N) is 2. The number of aryl methyl sites for hydroxylation is 2. The zero-order chi connectivity index (χ0) is 31.1. The number of amides is 2. The number of rotatable bonds is 11. The van der Waals surface area contributed by atoms with Gasteiger partial charge in [0.2, 0.25) is 0 Å². The minimum Gasteiger partial charge on any atom is -0.486 e. The predicted molar refractivity (Wildman–Crippen MR) is 173 cm³/mol. The fraction of sp³-hybridized carbons (Fsp3) is 0.121. The Morgan fingerprint density at radius 3 is 2.45 bits per heavy atom. The smallest absolute Gasteiger partial charge is 0.307 e. The third-order valence-electron chi connectivity index (χ3n) is 6.44. The van der Waals surface area contributed by atoms with Crippen molar-refractivity contribution in [1.82, 2.24) is 9.99 Å². The van der Waals surface area contributed by atoms with Gasteiger partial charge in [0, 0.05) is 22.8 Å². The zero-order valence-corrected chi connectivity index (χ0v) is 26.0. The molecule has 0 bridgehead atoms. The third-order valence-corrected chi connectivity index (χ3v) is 7.28. The summed E-state index contributed by atoms with van der Waals surface area (Å²) in [6.07, 6.45) is 1.48. The van der Waals surface area contributed by atoms with Crippen LogP contribution in [-0.4, -0.2) is 29.2 Å². The summed E-state index contributed by atoms with van der Waals surface area (Å²) in [5, 5.41) is 6.58. The van der Waals surface area contributed by atoms with E-state index in [1.54, 1.807) is 36.4 Å². The Balaban J connectivity index is 1.08. The molecule has 2 aromatic heterocycles. The lowest BCUT2D eigenvalue weighted by molar-refractivity contribution is -0.118. The monoisotopic (exact) mass is 706 g/mol. The molecule has 2 amide bonds. The van der Waals surface area contributed by atoms with Gasteiger partial charge in [0.1, 0.15) is 29.7 Å². The fourth-order valence-corrected chi connectivity index (χ4v) is 5.04. The predicted octanol–water partition coefficient (Wildman–Crippen LogP) is 6.79. The number of carbonyl (C=O) groups excluding carboxylic acids is 2. The van der Waals surface area contributed by atoms with Gasteiger partial charge in [-0.3, -0.25) is 9.59 Å². The summed E-state index contributed by atoms with van der Waals surface area (Å²) in [4.78, 5) is 24.6. The van der Waals surface area contributed by atoms with Crippen molar-refractivity contribution in [3.8, 4) is 17.2 Å². The van der Waals surface area contributed by atoms with Gasteiger partial charge in [0.05, 0.1) is 9.78 Å². The number of nitrogens with one attached hydrogen (secondary N) is 2. The molecule has 5 rings (SSSR count). The molecule has 11 heteroatoms. The first-order valence-corrected chi connectivity index (χ1v) is 14.6. The number of carbonyl (C=O) groups is 2. The van der Waals surface area contributed by atoms with Crippen LogP contribution in [0.1, 0.15) is 33.3 Å². The summed E-state index contributed by atoms with van der Waals surface area (Å²) < 4.78 is 33.2. The molecule has 2 N–H and O–H groups in total. The number of hydrogen-bond donors (Lipinski definition) is 2. The highest BCUT2D eigenvalue weighted by Gasteiger charge is 2.12. The lowest BCUT2D eigenvalue weighted by Crippen LogP contribution is -2.20. The first kappa shape index (κ1) is 30.5. The van der Waals surface area contributed by atoms with Gasteiger partial charge in [0.25, 0.3) is 5.91 Å². The van der Waals surface area contributed by atoms with E-state index in [1.807, 2.05) is 24.3 Å². The van der Waals surface area contributed by atoms with E-state index in [0.717, 1.165) is 20.6 Å². The van der Waals surface area contributed by atoms with E-state index < -0.39 is 17.6 Å². The summed E-state index contributed by atoms with van der Waals surface area (Å²) in [6.45, 7) is 4.04. The molecule has 0 radical (unpaired) electrons. The maximum Gasteiger partial charge on any atom is 0.307 e. The first-order valence-electron chi connectivity index (χ1n) is 13.5. The van der Waals surface area contributed by atoms with E-state index in [2.05, 4.69) is 69.0 Å². The molecule has 0 unspecified atom stereocenters. The Labute approximate surface area is 266 Å². The number of halogens is 2. The number of furan rings is 1. The maximum atomic E-state index is 13.3. The second-order valence-electron chi connectivity index (χ2n) is 9.74. The summed E-state index contributed by atoms with van der Waals surface area (Å²) in [5.74, 6) is 0.407. The Morgan fingerprint density at radius 2 is 1.73 bits per heavy atom. The van der Waals surface area contributed by atoms with Crippen LogP contribution in [-0.2, 0) is 11.4 Å². The average Bonchev–Trinajstić information content (AvgIpc) is 3.62. The van der Waals surface area contributed by atoms with E-state index in [9.17, 15) is 14.0 Å². The molecular formula is C33H28FIN4O5. The molecule has 224 valence electrons. The SMILES string of the molecule is Cc1ccc(C)n1-c1ccc(OCc2ccc(C(=O)N/N=C/c3ccc(OCC(=O)Nc4cccc(F)c4)c(I)c3)o2)cc1. The molecular weight excluding hydrogens is 678 g/mol. The molecule has 2 heterocycles. The second-order valence-corrected chi connectivity index (χ2v) is 10.9. The fourth-order valence-electron chi connectivity index (χ4n) is 4.34. The number of benzene rings is 3. The van der Waals surface area contributed by atoms with Crippen molar-refractivity contribution >= 4 is 46.3 Å². The van der Waals surface area contributed by atoms with Crippen molar-refractivity contribution in [3.63, 3.8) is 0 Å². The van der Waals surface area contributed by atoms with Gasteiger partial charge in [-0.1, -0.05) is 6.07 Å². The van der Waals surface area contributed by atoms with Crippen LogP contribution in [0.3, 0.4) is 0 Å². The van der Waals surface area contributed by atoms with Crippen LogP contribution >= 0.6 is 22.6 Å². The molecule has 9 nitrogen and oxygen atoms in total. The van der Waals surface area contributed by atoms with E-state index in [0.29, 0.717) is 28.5 Å². The number of aromatic nitrogens is 1. The van der Waals surface area contributed by atoms with Crippen LogP contribution in [0.25, 0.3) is 5.69 Å². The van der Waals surface area contributed by atoms with Crippen molar-refractivity contribution in [2.75, 3.05) is 11.9 Å². The minimum atomic E-state index is -0.506. The zero-order valence-electron chi connectivity index (χ0n) is 23.8. The van der Waals surface area contributed by atoms with E-state index in [-0.39, 0.29) is 19.0 Å². The number of hydrogen-bond acceptors (Lipinski definition) is 6. The van der Waals surface area contributed by atoms with Crippen molar-refractivity contribution < 1.29 is 27.9 Å². The summed E-state index contributed by atoms with van der Waals surface area (Å²) in [7, 11) is 0. The van der Waals surface area contributed by atoms with Crippen LogP contribution in [0.2, 0.25) is 0 Å². The molecule has 0 aliphatic carbocycles. The summed E-state index contributed by atoms with van der Waals surface area (Å²) in [6, 6.07) is 26.0. The van der Waals surface area contributed by atoms with Crippen LogP contribution in [0, 0.1) is 23.2 Å². The van der Waals surface area contributed by atoms with Gasteiger partial charge in [-0.2, -0.15) is 5.10 Å². The van der Waals surface area contributed by atoms with Crippen molar-refractivity contribution in [1.29, 1.82) is 0 Å². The number of ether oxygens (including phenoxy) is 2. The third kappa shape index (κ3) is 7.92. The van der Waals surface area contributed by atoms with Gasteiger partial charge < -0.3 is 23.8 Å². The quantitative estimate of drug-likeness (QED) is 0.0894. The highest BCUT2D eigenvalue weighted by Crippen LogP contribution is 2.23. The molecule has 5 aromatic rings. The maximum absolute atomic E-state index is 13.3. The largest absolute Gasteiger partial charge is 0.486 e. The summed E-state index contributed by atoms with van der Waals surface area (Å²) in [5.41, 5.74) is 6.86. The molecule has 0 spiro atoms. The minimum absolute atomic E-state index is 0.101. The second kappa shape index (κ2) is 14.0. The topological polar surface area (TPSA) is 107 Å². The normalized spacial score (nSPS) is 11.0. The molecule has 0 aliphatic heterocycles. The Kier molecular flexibility index (Phi) is 9.75. The Hall–Kier alpha value is -4.91. The van der Waals surface area contributed by atoms with Crippen molar-refractivity contribution in [3.05, 3.63) is 129 Å². The van der Waals surface area contributed by atoms with Gasteiger partial charge in [-0.05, 0) is 127 Å². The first-order chi connectivity index (χ1) is 21.2. The highest BCUT2D eigenvalue weighted by atomic mass is 127. The Bertz CT molecular complexity index is 1790. The van der Waals surface area contributed by atoms with Crippen molar-refractivity contribution in [2.45, 2.75) is 20.5 Å². The molecule has 0 fully saturated rings. The number of anilines is 1. The van der Waals surface area contributed by atoms with Crippen molar-refractivity contribution in [2.24, 2.45) is 5.10 Å². The lowest BCUT2D eigenvalue weighted by Gasteiger charge is -2.10. The number of hydrazone groups is 1. The highest BCUT2D eigenvalue weighted by molar-refractivity contribution is 14.1. The molecule has 3 aromatic carbocycles. The molecule has 0 atom stereocenters. The van der Waals surface area contributed by atoms with Gasteiger partial charge in [0.15, 0.2) is 12.4 Å². The standard InChI is InChI=1S/C33H28FIN4O5/c1-21-6-7-22(2)39(21)26-9-11-27(12-10-26)42-19-28-13-15-31(44-28)33(41)38-36-18-23-8-14-30(29(35)16-23)43-20-32(40)37-25-5-3-4-24(34)17-25/h3-18H,19-20H2,1-2H3,(H,37,40)(H,38,41)/b36-18+. The lowest BCUT2D eigenvalue weighted by atomic mass is 10.2. The van der Waals surface area contributed by atoms with Crippen LogP contribution in [0.15, 0.2) is 101 Å². The Morgan fingerprint density at radius 1 is 0.955 bits per heavy atom. The van der Waals surface area contributed by atoms with Crippen LogP contribution in [0.4, 0.5) is 10.1 Å². The van der Waals surface area contributed by atoms with E-state index in [1.165, 1.54) is 24.4 Å². The van der Waals surface area contributed by atoms with Gasteiger partial charge >= 0.3 is 5.91 Å².